The Hall–Kier alpha value is -3.90. The zero-order valence-electron chi connectivity index (χ0n) is 21.6. The lowest BCUT2D eigenvalue weighted by molar-refractivity contribution is -0.116. The van der Waals surface area contributed by atoms with Crippen LogP contribution in [0.3, 0.4) is 0 Å². The van der Waals surface area contributed by atoms with Gasteiger partial charge in [-0.05, 0) is 62.2 Å². The number of carbonyl (C=O) groups excluding carboxylic acids is 2. The third-order valence-electron chi connectivity index (χ3n) is 7.35. The van der Waals surface area contributed by atoms with Crippen LogP contribution < -0.4 is 14.4 Å². The first-order chi connectivity index (χ1) is 18.3. The first-order valence-electron chi connectivity index (χ1n) is 12.6. The fraction of sp³-hybridized carbons (Fsp3) is 0.258. The molecule has 0 radical (unpaired) electrons. The van der Waals surface area contributed by atoms with E-state index in [2.05, 4.69) is 0 Å². The van der Waals surface area contributed by atoms with Gasteiger partial charge in [0, 0.05) is 45.4 Å². The number of ketones is 2. The summed E-state index contributed by atoms with van der Waals surface area (Å²) in [6.45, 7) is 1.96. The van der Waals surface area contributed by atoms with Crippen molar-refractivity contribution in [3.63, 3.8) is 0 Å². The third-order valence-corrected chi connectivity index (χ3v) is 7.61. The van der Waals surface area contributed by atoms with Crippen LogP contribution in [0.25, 0.3) is 0 Å². The number of hydrogen-bond donors (Lipinski definition) is 1. The van der Waals surface area contributed by atoms with Crippen molar-refractivity contribution in [1.29, 1.82) is 5.41 Å². The van der Waals surface area contributed by atoms with Crippen molar-refractivity contribution in [1.82, 2.24) is 0 Å². The smallest absolute Gasteiger partial charge is 0.174 e. The summed E-state index contributed by atoms with van der Waals surface area (Å²) in [7, 11) is 3.14. The number of carbonyl (C=O) groups is 2. The maximum atomic E-state index is 14.3. The monoisotopic (exact) mass is 528 g/mol. The summed E-state index contributed by atoms with van der Waals surface area (Å²) in [5.41, 5.74) is 4.16. The zero-order chi connectivity index (χ0) is 27.0. The molecule has 38 heavy (non-hydrogen) atoms. The van der Waals surface area contributed by atoms with Gasteiger partial charge in [-0.25, -0.2) is 0 Å². The van der Waals surface area contributed by atoms with Crippen LogP contribution in [0.1, 0.15) is 46.7 Å². The number of aryl methyl sites for hydroxylation is 1. The Balaban J connectivity index is 1.79. The molecule has 5 rings (SSSR count). The summed E-state index contributed by atoms with van der Waals surface area (Å²) in [5.74, 6) is -0.679. The van der Waals surface area contributed by atoms with E-state index in [4.69, 9.17) is 21.1 Å². The lowest BCUT2D eigenvalue weighted by atomic mass is 9.69. The summed E-state index contributed by atoms with van der Waals surface area (Å²) >= 11 is 6.17. The normalized spacial score (nSPS) is 19.3. The van der Waals surface area contributed by atoms with Gasteiger partial charge < -0.3 is 14.4 Å². The lowest BCUT2D eigenvalue weighted by Crippen LogP contribution is -2.49. The molecule has 3 aromatic carbocycles. The summed E-state index contributed by atoms with van der Waals surface area (Å²) in [6, 6.07) is 19.9. The van der Waals surface area contributed by atoms with Crippen molar-refractivity contribution in [3.05, 3.63) is 99.7 Å². The Morgan fingerprint density at radius 3 is 2.34 bits per heavy atom. The minimum Gasteiger partial charge on any atom is -0.497 e. The Morgan fingerprint density at radius 1 is 0.974 bits per heavy atom. The van der Waals surface area contributed by atoms with E-state index in [0.717, 1.165) is 11.3 Å². The largest absolute Gasteiger partial charge is 0.497 e. The first kappa shape index (κ1) is 25.7. The molecule has 0 saturated carbocycles. The molecule has 1 aliphatic heterocycles. The molecule has 0 spiro atoms. The van der Waals surface area contributed by atoms with Crippen LogP contribution in [0.2, 0.25) is 5.02 Å². The van der Waals surface area contributed by atoms with Crippen LogP contribution in [0.15, 0.2) is 78.0 Å². The lowest BCUT2D eigenvalue weighted by Gasteiger charge is -2.44. The number of ether oxygens (including phenoxy) is 2. The highest BCUT2D eigenvalue weighted by atomic mass is 35.5. The van der Waals surface area contributed by atoms with Gasteiger partial charge in [-0.2, -0.15) is 0 Å². The van der Waals surface area contributed by atoms with E-state index in [1.807, 2.05) is 37.3 Å². The summed E-state index contributed by atoms with van der Waals surface area (Å²) < 4.78 is 11.2. The quantitative estimate of drug-likeness (QED) is 0.358. The minimum atomic E-state index is -0.963. The third kappa shape index (κ3) is 4.50. The fourth-order valence-corrected chi connectivity index (χ4v) is 5.64. The van der Waals surface area contributed by atoms with E-state index < -0.39 is 11.8 Å². The van der Waals surface area contributed by atoms with E-state index in [0.29, 0.717) is 58.2 Å². The van der Waals surface area contributed by atoms with E-state index in [9.17, 15) is 15.0 Å². The molecule has 0 bridgehead atoms. The molecular formula is C31H29ClN2O4. The molecule has 0 aromatic heterocycles. The first-order valence-corrected chi connectivity index (χ1v) is 12.9. The number of hydrogen-bond acceptors (Lipinski definition) is 5. The molecule has 1 heterocycles. The molecule has 194 valence electrons. The number of nitrogens with one attached hydrogen (secondary N) is 1. The van der Waals surface area contributed by atoms with Crippen LogP contribution in [0.5, 0.6) is 11.5 Å². The van der Waals surface area contributed by atoms with Crippen LogP contribution in [-0.4, -0.2) is 31.6 Å². The number of amidine groups is 1. The second-order valence-electron chi connectivity index (χ2n) is 9.63. The van der Waals surface area contributed by atoms with Gasteiger partial charge >= 0.3 is 0 Å². The molecule has 2 atom stereocenters. The number of allylic oxidation sites excluding steroid dienone is 2. The van der Waals surface area contributed by atoms with Gasteiger partial charge in [-0.1, -0.05) is 41.4 Å². The molecule has 7 heteroatoms. The number of methoxy groups -OCH3 is 2. The highest BCUT2D eigenvalue weighted by Crippen LogP contribution is 2.50. The molecule has 3 aromatic rings. The summed E-state index contributed by atoms with van der Waals surface area (Å²) in [4.78, 5) is 29.7. The second kappa shape index (κ2) is 10.5. The maximum absolute atomic E-state index is 14.3. The maximum Gasteiger partial charge on any atom is 0.174 e. The number of anilines is 1. The molecule has 0 fully saturated rings. The number of Topliss-reactive ketones (excluding diaryl/α,β-unsaturated/α-hetero) is 2. The van der Waals surface area contributed by atoms with Crippen molar-refractivity contribution in [2.75, 3.05) is 19.1 Å². The predicted octanol–water partition coefficient (Wildman–Crippen LogP) is 6.75. The fourth-order valence-electron chi connectivity index (χ4n) is 5.52. The standard InChI is InChI=1S/C31H29ClN2O4/c1-18-7-9-19(10-8-18)30(36)29-27(23-17-22(37-2)15-16-26(23)38-3)28-24(5-4-6-25(28)35)34(31(29)33)21-13-11-20(32)12-14-21/h7-17,27,29,33H,4-6H2,1-3H3. The van der Waals surface area contributed by atoms with Crippen LogP contribution in [-0.2, 0) is 4.79 Å². The Bertz CT molecular complexity index is 1440. The minimum absolute atomic E-state index is 0.0192. The Morgan fingerprint density at radius 2 is 1.68 bits per heavy atom. The van der Waals surface area contributed by atoms with Gasteiger partial charge in [-0.15, -0.1) is 0 Å². The average Bonchev–Trinajstić information content (AvgIpc) is 2.93. The molecule has 2 aliphatic rings. The van der Waals surface area contributed by atoms with Crippen LogP contribution >= 0.6 is 11.6 Å². The van der Waals surface area contributed by atoms with Gasteiger partial charge in [0.25, 0.3) is 0 Å². The van der Waals surface area contributed by atoms with E-state index in [1.165, 1.54) is 0 Å². The summed E-state index contributed by atoms with van der Waals surface area (Å²) in [6.07, 6.45) is 1.67. The molecule has 2 unspecified atom stereocenters. The highest BCUT2D eigenvalue weighted by Gasteiger charge is 2.48. The van der Waals surface area contributed by atoms with Gasteiger partial charge in [0.2, 0.25) is 0 Å². The Kier molecular flexibility index (Phi) is 7.09. The molecular weight excluding hydrogens is 500 g/mol. The summed E-state index contributed by atoms with van der Waals surface area (Å²) in [5, 5.41) is 10.0. The molecule has 1 N–H and O–H groups in total. The van der Waals surface area contributed by atoms with Crippen molar-refractivity contribution in [3.8, 4) is 11.5 Å². The number of benzene rings is 3. The van der Waals surface area contributed by atoms with Crippen molar-refractivity contribution < 1.29 is 19.1 Å². The van der Waals surface area contributed by atoms with Crippen molar-refractivity contribution in [2.24, 2.45) is 5.92 Å². The van der Waals surface area contributed by atoms with Gasteiger partial charge in [-0.3, -0.25) is 15.0 Å². The number of rotatable bonds is 6. The molecule has 0 amide bonds. The van der Waals surface area contributed by atoms with Crippen LogP contribution in [0, 0.1) is 18.3 Å². The zero-order valence-corrected chi connectivity index (χ0v) is 22.3. The molecule has 6 nitrogen and oxygen atoms in total. The van der Waals surface area contributed by atoms with Crippen LogP contribution in [0.4, 0.5) is 5.69 Å². The van der Waals surface area contributed by atoms with E-state index in [1.54, 1.807) is 55.5 Å². The van der Waals surface area contributed by atoms with Gasteiger partial charge in [0.15, 0.2) is 11.6 Å². The number of nitrogens with zero attached hydrogens (tertiary/aromatic N) is 1. The van der Waals surface area contributed by atoms with E-state index in [-0.39, 0.29) is 17.4 Å². The van der Waals surface area contributed by atoms with Gasteiger partial charge in [0.05, 0.1) is 20.1 Å². The molecule has 0 saturated heterocycles. The van der Waals surface area contributed by atoms with Crippen molar-refractivity contribution in [2.45, 2.75) is 32.1 Å². The highest BCUT2D eigenvalue weighted by molar-refractivity contribution is 6.30. The predicted molar refractivity (Wildman–Crippen MR) is 149 cm³/mol. The SMILES string of the molecule is COc1ccc(OC)c(C2C3=C(CCCC3=O)N(c3ccc(Cl)cc3)C(=N)C2C(=O)c2ccc(C)cc2)c1. The van der Waals surface area contributed by atoms with Gasteiger partial charge in [0.1, 0.15) is 17.3 Å². The van der Waals surface area contributed by atoms with Crippen molar-refractivity contribution >= 4 is 34.7 Å². The molecule has 1 aliphatic carbocycles. The second-order valence-corrected chi connectivity index (χ2v) is 10.1. The van der Waals surface area contributed by atoms with E-state index >= 15 is 0 Å². The topological polar surface area (TPSA) is 79.7 Å². The number of halogens is 1. The average molecular weight is 529 g/mol. The Labute approximate surface area is 227 Å².